The number of imidazole rings is 1. The topological polar surface area (TPSA) is 120 Å². The van der Waals surface area contributed by atoms with Gasteiger partial charge in [0.25, 0.3) is 0 Å². The minimum absolute atomic E-state index is 0.0199. The first-order valence-electron chi connectivity index (χ1n) is 7.21. The van der Waals surface area contributed by atoms with Crippen LogP contribution >= 0.6 is 0 Å². The van der Waals surface area contributed by atoms with E-state index in [-0.39, 0.29) is 12.4 Å². The zero-order valence-corrected chi connectivity index (χ0v) is 12.8. The van der Waals surface area contributed by atoms with Crippen molar-refractivity contribution in [1.29, 1.82) is 0 Å². The molecule has 2 atom stereocenters. The van der Waals surface area contributed by atoms with Gasteiger partial charge in [0, 0.05) is 29.4 Å². The summed E-state index contributed by atoms with van der Waals surface area (Å²) < 4.78 is 4.82. The summed E-state index contributed by atoms with van der Waals surface area (Å²) >= 11 is 0. The minimum atomic E-state index is -0.572. The van der Waals surface area contributed by atoms with Crippen LogP contribution in [0, 0.1) is 6.92 Å². The molecule has 3 rings (SSSR count). The van der Waals surface area contributed by atoms with Crippen LogP contribution in [0.4, 0.5) is 0 Å². The Bertz CT molecular complexity index is 743. The number of aryl methyl sites for hydroxylation is 1. The Morgan fingerprint density at radius 2 is 2.26 bits per heavy atom. The van der Waals surface area contributed by atoms with Crippen LogP contribution in [0.1, 0.15) is 34.3 Å². The highest BCUT2D eigenvalue weighted by Gasteiger charge is 2.36. The third kappa shape index (κ3) is 2.55. The summed E-state index contributed by atoms with van der Waals surface area (Å²) in [5.74, 6) is -0.417. The molecule has 0 spiro atoms. The number of fused-ring (bicyclic) bond motifs is 1. The first-order valence-corrected chi connectivity index (χ1v) is 7.21. The standard InChI is InChI=1S/C15H18N4O4/c1-7-14(21)11(8(5-20)4-16-7)13-12-9(17-6-18-12)3-10(19-13)15(22)23-2/h4,6,10,13,19-21H,3,5H2,1-2H3,(H,17,18)/t10-,13+/m1/s1. The number of carbonyl (C=O) groups is 1. The summed E-state index contributed by atoms with van der Waals surface area (Å²) in [5, 5.41) is 23.2. The fourth-order valence-corrected chi connectivity index (χ4v) is 2.90. The van der Waals surface area contributed by atoms with Gasteiger partial charge in [0.1, 0.15) is 11.8 Å². The molecule has 8 nitrogen and oxygen atoms in total. The number of aromatic nitrogens is 3. The van der Waals surface area contributed by atoms with Gasteiger partial charge in [0.05, 0.1) is 37.5 Å². The highest BCUT2D eigenvalue weighted by Crippen LogP contribution is 2.36. The third-order valence-corrected chi connectivity index (χ3v) is 4.10. The number of ether oxygens (including phenoxy) is 1. The van der Waals surface area contributed by atoms with Crippen molar-refractivity contribution in [2.45, 2.75) is 32.0 Å². The maximum atomic E-state index is 11.9. The number of aliphatic hydroxyl groups is 1. The number of carbonyl (C=O) groups excluding carboxylic acids is 1. The number of hydrogen-bond donors (Lipinski definition) is 4. The first-order chi connectivity index (χ1) is 11.1. The van der Waals surface area contributed by atoms with Gasteiger partial charge < -0.3 is 19.9 Å². The lowest BCUT2D eigenvalue weighted by molar-refractivity contribution is -0.143. The predicted molar refractivity (Wildman–Crippen MR) is 79.6 cm³/mol. The Morgan fingerprint density at radius 3 is 2.96 bits per heavy atom. The molecular weight excluding hydrogens is 300 g/mol. The van der Waals surface area contributed by atoms with Crippen LogP contribution in [0.2, 0.25) is 0 Å². The normalized spacial score (nSPS) is 20.1. The number of pyridine rings is 1. The van der Waals surface area contributed by atoms with Crippen molar-refractivity contribution in [2.24, 2.45) is 0 Å². The van der Waals surface area contributed by atoms with Gasteiger partial charge in [0.2, 0.25) is 0 Å². The molecule has 23 heavy (non-hydrogen) atoms. The maximum Gasteiger partial charge on any atom is 0.323 e. The summed E-state index contributed by atoms with van der Waals surface area (Å²) in [4.78, 5) is 23.3. The molecule has 3 heterocycles. The number of esters is 1. The van der Waals surface area contributed by atoms with Gasteiger partial charge in [-0.1, -0.05) is 0 Å². The van der Waals surface area contributed by atoms with E-state index in [1.807, 2.05) is 0 Å². The van der Waals surface area contributed by atoms with E-state index in [1.54, 1.807) is 13.3 Å². The van der Waals surface area contributed by atoms with E-state index in [1.165, 1.54) is 13.3 Å². The molecule has 0 amide bonds. The fourth-order valence-electron chi connectivity index (χ4n) is 2.90. The highest BCUT2D eigenvalue weighted by atomic mass is 16.5. The van der Waals surface area contributed by atoms with E-state index >= 15 is 0 Å². The van der Waals surface area contributed by atoms with Gasteiger partial charge in [-0.2, -0.15) is 0 Å². The molecule has 122 valence electrons. The quantitative estimate of drug-likeness (QED) is 0.592. The number of aromatic amines is 1. The van der Waals surface area contributed by atoms with Crippen molar-refractivity contribution in [3.8, 4) is 5.75 Å². The van der Waals surface area contributed by atoms with Crippen LogP contribution in [0.5, 0.6) is 5.75 Å². The van der Waals surface area contributed by atoms with E-state index in [0.29, 0.717) is 28.9 Å². The van der Waals surface area contributed by atoms with Crippen molar-refractivity contribution >= 4 is 5.97 Å². The number of hydrogen-bond acceptors (Lipinski definition) is 7. The van der Waals surface area contributed by atoms with Crippen LogP contribution in [0.15, 0.2) is 12.5 Å². The monoisotopic (exact) mass is 318 g/mol. The van der Waals surface area contributed by atoms with Crippen molar-refractivity contribution in [3.63, 3.8) is 0 Å². The SMILES string of the molecule is COC(=O)[C@H]1Cc2[nH]cnc2[C@H](c2c(CO)cnc(C)c2O)N1. The van der Waals surface area contributed by atoms with Gasteiger partial charge in [-0.05, 0) is 6.92 Å². The summed E-state index contributed by atoms with van der Waals surface area (Å²) in [6.07, 6.45) is 3.47. The number of aromatic hydroxyl groups is 1. The molecule has 0 unspecified atom stereocenters. The van der Waals surface area contributed by atoms with Crippen molar-refractivity contribution in [3.05, 3.63) is 40.7 Å². The lowest BCUT2D eigenvalue weighted by Gasteiger charge is -2.30. The first kappa shape index (κ1) is 15.4. The predicted octanol–water partition coefficient (Wildman–Crippen LogP) is 0.0877. The molecular formula is C15H18N4O4. The third-order valence-electron chi connectivity index (χ3n) is 4.10. The number of H-pyrrole nitrogens is 1. The molecule has 4 N–H and O–H groups in total. The molecule has 0 saturated carbocycles. The molecule has 1 aliphatic rings. The van der Waals surface area contributed by atoms with Crippen LogP contribution < -0.4 is 5.32 Å². The molecule has 2 aromatic rings. The Kier molecular flexibility index (Phi) is 4.01. The molecule has 0 bridgehead atoms. The molecule has 0 aromatic carbocycles. The van der Waals surface area contributed by atoms with Crippen LogP contribution in [0.3, 0.4) is 0 Å². The summed E-state index contributed by atoms with van der Waals surface area (Å²) in [7, 11) is 1.33. The smallest absolute Gasteiger partial charge is 0.323 e. The van der Waals surface area contributed by atoms with Gasteiger partial charge >= 0.3 is 5.97 Å². The van der Waals surface area contributed by atoms with Gasteiger partial charge in [-0.3, -0.25) is 15.1 Å². The minimum Gasteiger partial charge on any atom is -0.506 e. The van der Waals surface area contributed by atoms with Crippen LogP contribution in [0.25, 0.3) is 0 Å². The Hall–Kier alpha value is -2.45. The lowest BCUT2D eigenvalue weighted by Crippen LogP contribution is -2.46. The summed E-state index contributed by atoms with van der Waals surface area (Å²) in [6, 6.07) is -1.12. The van der Waals surface area contributed by atoms with Crippen molar-refractivity contribution < 1.29 is 19.7 Å². The van der Waals surface area contributed by atoms with E-state index < -0.39 is 18.1 Å². The van der Waals surface area contributed by atoms with Crippen LogP contribution in [-0.2, 0) is 22.6 Å². The molecule has 0 fully saturated rings. The van der Waals surface area contributed by atoms with E-state index in [0.717, 1.165) is 5.69 Å². The van der Waals surface area contributed by atoms with Crippen molar-refractivity contribution in [1.82, 2.24) is 20.3 Å². The molecule has 1 aliphatic heterocycles. The van der Waals surface area contributed by atoms with E-state index in [4.69, 9.17) is 4.74 Å². The highest BCUT2D eigenvalue weighted by molar-refractivity contribution is 5.76. The second kappa shape index (κ2) is 5.98. The maximum absolute atomic E-state index is 11.9. The molecule has 0 saturated heterocycles. The van der Waals surface area contributed by atoms with Gasteiger partial charge in [-0.15, -0.1) is 0 Å². The average Bonchev–Trinajstić information content (AvgIpc) is 3.04. The fraction of sp³-hybridized carbons (Fsp3) is 0.400. The summed E-state index contributed by atoms with van der Waals surface area (Å²) in [6.45, 7) is 1.39. The number of rotatable bonds is 3. The van der Waals surface area contributed by atoms with E-state index in [9.17, 15) is 15.0 Å². The zero-order chi connectivity index (χ0) is 16.6. The molecule has 2 aromatic heterocycles. The second-order valence-electron chi connectivity index (χ2n) is 5.44. The van der Waals surface area contributed by atoms with Gasteiger partial charge in [-0.25, -0.2) is 4.98 Å². The number of nitrogens with one attached hydrogen (secondary N) is 2. The Balaban J connectivity index is 2.12. The Labute approximate surface area is 132 Å². The Morgan fingerprint density at radius 1 is 1.48 bits per heavy atom. The lowest BCUT2D eigenvalue weighted by atomic mass is 9.91. The van der Waals surface area contributed by atoms with Gasteiger partial charge in [0.15, 0.2) is 0 Å². The second-order valence-corrected chi connectivity index (χ2v) is 5.44. The van der Waals surface area contributed by atoms with Crippen LogP contribution in [-0.4, -0.2) is 44.3 Å². The number of nitrogens with zero attached hydrogens (tertiary/aromatic N) is 2. The molecule has 8 heteroatoms. The molecule has 0 radical (unpaired) electrons. The number of aliphatic hydroxyl groups excluding tert-OH is 1. The molecule has 0 aliphatic carbocycles. The largest absolute Gasteiger partial charge is 0.506 e. The van der Waals surface area contributed by atoms with Crippen molar-refractivity contribution in [2.75, 3.05) is 7.11 Å². The average molecular weight is 318 g/mol. The summed E-state index contributed by atoms with van der Waals surface area (Å²) in [5.41, 5.74) is 2.87. The number of methoxy groups -OCH3 is 1. The zero-order valence-electron chi connectivity index (χ0n) is 12.8. The van der Waals surface area contributed by atoms with E-state index in [2.05, 4.69) is 20.3 Å².